The minimum absolute atomic E-state index is 0.173. The number of nitrogens with one attached hydrogen (secondary N) is 2. The Balaban J connectivity index is 2.06. The van der Waals surface area contributed by atoms with Crippen molar-refractivity contribution in [1.29, 1.82) is 0 Å². The summed E-state index contributed by atoms with van der Waals surface area (Å²) in [6.45, 7) is 9.64. The second-order valence-corrected chi connectivity index (χ2v) is 8.13. The lowest BCUT2D eigenvalue weighted by Crippen LogP contribution is -2.33. The van der Waals surface area contributed by atoms with Gasteiger partial charge in [0.2, 0.25) is 0 Å². The van der Waals surface area contributed by atoms with Crippen LogP contribution in [0.5, 0.6) is 5.75 Å². The van der Waals surface area contributed by atoms with Crippen LogP contribution in [0.1, 0.15) is 54.9 Å². The fourth-order valence-electron chi connectivity index (χ4n) is 4.04. The third-order valence-corrected chi connectivity index (χ3v) is 5.72. The Labute approximate surface area is 195 Å². The van der Waals surface area contributed by atoms with Crippen LogP contribution in [0.15, 0.2) is 24.3 Å². The maximum Gasteiger partial charge on any atom is 0.259 e. The zero-order valence-electron chi connectivity index (χ0n) is 20.1. The first-order valence-corrected chi connectivity index (χ1v) is 11.0. The number of carbonyl (C=O) groups is 2. The summed E-state index contributed by atoms with van der Waals surface area (Å²) >= 11 is 0. The van der Waals surface area contributed by atoms with Gasteiger partial charge in [0.15, 0.2) is 0 Å². The van der Waals surface area contributed by atoms with E-state index in [0.29, 0.717) is 36.0 Å². The number of allylic oxidation sites excluding steroid dienone is 2. The maximum atomic E-state index is 13.5. The lowest BCUT2D eigenvalue weighted by molar-refractivity contribution is -0.104. The molecule has 0 aliphatic carbocycles. The van der Waals surface area contributed by atoms with Crippen molar-refractivity contribution in [1.82, 2.24) is 4.98 Å². The van der Waals surface area contributed by atoms with Crippen molar-refractivity contribution < 1.29 is 19.1 Å². The minimum atomic E-state index is -0.270. The highest BCUT2D eigenvalue weighted by molar-refractivity contribution is 6.08. The molecule has 0 atom stereocenters. The first-order valence-electron chi connectivity index (χ1n) is 11.0. The normalized spacial score (nSPS) is 13.0. The van der Waals surface area contributed by atoms with Crippen molar-refractivity contribution >= 4 is 35.0 Å². The third kappa shape index (κ3) is 5.01. The summed E-state index contributed by atoms with van der Waals surface area (Å²) in [5.41, 5.74) is 5.10. The number of methoxy groups -OCH3 is 1. The number of ether oxygens (including phenoxy) is 2. The molecule has 1 aliphatic heterocycles. The summed E-state index contributed by atoms with van der Waals surface area (Å²) in [5, 5.41) is 6.12. The number of aldehydes is 1. The van der Waals surface area contributed by atoms with E-state index in [-0.39, 0.29) is 11.9 Å². The molecule has 2 heterocycles. The highest BCUT2D eigenvalue weighted by atomic mass is 16.5. The summed E-state index contributed by atoms with van der Waals surface area (Å²) in [6, 6.07) is 5.63. The molecule has 0 fully saturated rings. The van der Waals surface area contributed by atoms with Crippen LogP contribution >= 0.6 is 0 Å². The molecule has 0 radical (unpaired) electrons. The van der Waals surface area contributed by atoms with Crippen molar-refractivity contribution in [2.75, 3.05) is 36.2 Å². The fourth-order valence-corrected chi connectivity index (χ4v) is 4.04. The first-order chi connectivity index (χ1) is 15.8. The number of nitrogens with zero attached hydrogens (tertiary/aromatic N) is 2. The molecule has 1 amide bonds. The molecule has 1 aromatic carbocycles. The Kier molecular flexibility index (Phi) is 7.71. The molecule has 33 heavy (non-hydrogen) atoms. The number of rotatable bonds is 9. The van der Waals surface area contributed by atoms with Gasteiger partial charge < -0.3 is 25.0 Å². The van der Waals surface area contributed by atoms with Crippen molar-refractivity contribution in [2.24, 2.45) is 0 Å². The van der Waals surface area contributed by atoms with Gasteiger partial charge in [0.25, 0.3) is 5.91 Å². The largest absolute Gasteiger partial charge is 0.494 e. The lowest BCUT2D eigenvalue weighted by Gasteiger charge is -2.28. The van der Waals surface area contributed by atoms with Gasteiger partial charge in [-0.15, -0.1) is 0 Å². The number of pyridine rings is 1. The SMILES string of the molecule is CCN(c1nc2c(cc1C(=O)Nc1cc(OC)c(NC)c(/C(C)=C\C=O)c1)COC2)C(C)C. The predicted molar refractivity (Wildman–Crippen MR) is 131 cm³/mol. The summed E-state index contributed by atoms with van der Waals surface area (Å²) in [4.78, 5) is 31.4. The summed E-state index contributed by atoms with van der Waals surface area (Å²) in [6.07, 6.45) is 2.22. The molecule has 8 heteroatoms. The van der Waals surface area contributed by atoms with Crippen LogP contribution in [0.3, 0.4) is 0 Å². The van der Waals surface area contributed by atoms with Crippen LogP contribution in [-0.4, -0.2) is 43.9 Å². The van der Waals surface area contributed by atoms with E-state index in [2.05, 4.69) is 29.4 Å². The minimum Gasteiger partial charge on any atom is -0.494 e. The van der Waals surface area contributed by atoms with Crippen LogP contribution in [0, 0.1) is 0 Å². The monoisotopic (exact) mass is 452 g/mol. The number of carbonyl (C=O) groups excluding carboxylic acids is 2. The van der Waals surface area contributed by atoms with Crippen LogP contribution < -0.4 is 20.3 Å². The van der Waals surface area contributed by atoms with Gasteiger partial charge in [0.1, 0.15) is 17.9 Å². The van der Waals surface area contributed by atoms with Gasteiger partial charge in [-0.05, 0) is 51.5 Å². The Bertz CT molecular complexity index is 1080. The van der Waals surface area contributed by atoms with E-state index in [1.54, 1.807) is 20.2 Å². The van der Waals surface area contributed by atoms with E-state index < -0.39 is 0 Å². The molecule has 0 saturated heterocycles. The molecule has 0 bridgehead atoms. The highest BCUT2D eigenvalue weighted by Gasteiger charge is 2.25. The maximum absolute atomic E-state index is 13.5. The standard InChI is InChI=1S/C25H32N4O4/c1-7-29(15(2)3)24-20(10-17-13-33-14-21(17)28-24)25(31)27-18-11-19(16(4)8-9-30)23(26-5)22(12-18)32-6/h8-12,15,26H,7,13-14H2,1-6H3,(H,27,31)/b16-8-. The second-order valence-electron chi connectivity index (χ2n) is 8.13. The Morgan fingerprint density at radius 2 is 2.03 bits per heavy atom. The van der Waals surface area contributed by atoms with Gasteiger partial charge in [-0.2, -0.15) is 0 Å². The molecule has 0 spiro atoms. The van der Waals surface area contributed by atoms with Gasteiger partial charge in [0.05, 0.1) is 37.3 Å². The van der Waals surface area contributed by atoms with E-state index in [0.717, 1.165) is 40.9 Å². The van der Waals surface area contributed by atoms with Gasteiger partial charge in [-0.25, -0.2) is 4.98 Å². The van der Waals surface area contributed by atoms with E-state index >= 15 is 0 Å². The zero-order valence-corrected chi connectivity index (χ0v) is 20.1. The molecule has 1 aliphatic rings. The van der Waals surface area contributed by atoms with Gasteiger partial charge in [0, 0.05) is 42.5 Å². The molecule has 2 N–H and O–H groups in total. The lowest BCUT2D eigenvalue weighted by atomic mass is 10.0. The van der Waals surface area contributed by atoms with Crippen molar-refractivity contribution in [3.05, 3.63) is 46.7 Å². The van der Waals surface area contributed by atoms with E-state index in [9.17, 15) is 9.59 Å². The molecule has 8 nitrogen and oxygen atoms in total. The number of anilines is 3. The molecule has 176 valence electrons. The van der Waals surface area contributed by atoms with Crippen LogP contribution in [0.2, 0.25) is 0 Å². The van der Waals surface area contributed by atoms with Crippen molar-refractivity contribution in [3.63, 3.8) is 0 Å². The number of amides is 1. The number of benzene rings is 1. The van der Waals surface area contributed by atoms with E-state index in [4.69, 9.17) is 14.5 Å². The quantitative estimate of drug-likeness (QED) is 0.434. The number of hydrogen-bond acceptors (Lipinski definition) is 7. The topological polar surface area (TPSA) is 92.8 Å². The zero-order chi connectivity index (χ0) is 24.1. The highest BCUT2D eigenvalue weighted by Crippen LogP contribution is 2.36. The average molecular weight is 453 g/mol. The Hall–Kier alpha value is -3.39. The predicted octanol–water partition coefficient (Wildman–Crippen LogP) is 4.25. The smallest absolute Gasteiger partial charge is 0.259 e. The first kappa shape index (κ1) is 24.3. The summed E-state index contributed by atoms with van der Waals surface area (Å²) in [7, 11) is 3.35. The van der Waals surface area contributed by atoms with E-state index in [1.165, 1.54) is 6.08 Å². The Morgan fingerprint density at radius 3 is 2.64 bits per heavy atom. The van der Waals surface area contributed by atoms with Crippen molar-refractivity contribution in [2.45, 2.75) is 47.0 Å². The van der Waals surface area contributed by atoms with Gasteiger partial charge >= 0.3 is 0 Å². The molecule has 0 unspecified atom stereocenters. The number of aromatic nitrogens is 1. The van der Waals surface area contributed by atoms with Gasteiger partial charge in [-0.3, -0.25) is 9.59 Å². The van der Waals surface area contributed by atoms with Gasteiger partial charge in [-0.1, -0.05) is 0 Å². The number of fused-ring (bicyclic) bond motifs is 1. The molecule has 1 aromatic heterocycles. The fraction of sp³-hybridized carbons (Fsp3) is 0.400. The van der Waals surface area contributed by atoms with Crippen molar-refractivity contribution in [3.8, 4) is 5.75 Å². The summed E-state index contributed by atoms with van der Waals surface area (Å²) in [5.74, 6) is 0.931. The van der Waals surface area contributed by atoms with Crippen LogP contribution in [-0.2, 0) is 22.7 Å². The molecule has 3 rings (SSSR count). The molecule has 0 saturated carbocycles. The number of hydrogen-bond donors (Lipinski definition) is 2. The average Bonchev–Trinajstić information content (AvgIpc) is 3.25. The molecular weight excluding hydrogens is 420 g/mol. The molecular formula is C25H32N4O4. The second kappa shape index (κ2) is 10.5. The molecule has 2 aromatic rings. The van der Waals surface area contributed by atoms with E-state index in [1.807, 2.05) is 26.0 Å². The summed E-state index contributed by atoms with van der Waals surface area (Å²) < 4.78 is 11.1. The van der Waals surface area contributed by atoms with Crippen LogP contribution in [0.25, 0.3) is 5.57 Å². The van der Waals surface area contributed by atoms with Crippen LogP contribution in [0.4, 0.5) is 17.2 Å². The Morgan fingerprint density at radius 1 is 1.27 bits per heavy atom. The third-order valence-electron chi connectivity index (χ3n) is 5.72.